The number of benzene rings is 1. The third-order valence-corrected chi connectivity index (χ3v) is 4.30. The second-order valence-corrected chi connectivity index (χ2v) is 6.07. The molecule has 1 aliphatic rings. The Balaban J connectivity index is 1.82. The molecule has 2 aromatic rings. The van der Waals surface area contributed by atoms with Gasteiger partial charge < -0.3 is 15.5 Å². The number of hydrogen-bond donors (Lipinski definition) is 2. The van der Waals surface area contributed by atoms with E-state index in [9.17, 15) is 9.59 Å². The number of carbonyl (C=O) groups is 1. The minimum absolute atomic E-state index is 0.00972. The molecule has 0 spiro atoms. The van der Waals surface area contributed by atoms with Gasteiger partial charge in [0.25, 0.3) is 0 Å². The molecule has 116 valence electrons. The second-order valence-electron chi connectivity index (χ2n) is 6.07. The van der Waals surface area contributed by atoms with Crippen LogP contribution in [0.25, 0.3) is 11.0 Å². The zero-order valence-corrected chi connectivity index (χ0v) is 12.6. The Morgan fingerprint density at radius 1 is 1.32 bits per heavy atom. The quantitative estimate of drug-likeness (QED) is 0.835. The number of carbonyl (C=O) groups excluding carboxylic acids is 1. The molecular formula is C17H20N2O3. The van der Waals surface area contributed by atoms with E-state index in [2.05, 4.69) is 5.32 Å². The summed E-state index contributed by atoms with van der Waals surface area (Å²) in [6.07, 6.45) is 3.59. The Morgan fingerprint density at radius 2 is 2.14 bits per heavy atom. The lowest BCUT2D eigenvalue weighted by atomic mass is 9.85. The Kier molecular flexibility index (Phi) is 3.98. The van der Waals surface area contributed by atoms with Gasteiger partial charge in [0, 0.05) is 35.2 Å². The number of aryl methyl sites for hydroxylation is 1. The maximum absolute atomic E-state index is 12.3. The lowest BCUT2D eigenvalue weighted by molar-refractivity contribution is -0.120. The molecule has 22 heavy (non-hydrogen) atoms. The molecule has 1 fully saturated rings. The molecule has 3 rings (SSSR count). The first-order chi connectivity index (χ1) is 10.5. The minimum Gasteiger partial charge on any atom is -0.423 e. The first-order valence-electron chi connectivity index (χ1n) is 7.64. The molecule has 0 bridgehead atoms. The van der Waals surface area contributed by atoms with Gasteiger partial charge in [0.05, 0.1) is 0 Å². The van der Waals surface area contributed by atoms with E-state index in [-0.39, 0.29) is 23.5 Å². The largest absolute Gasteiger partial charge is 0.423 e. The Morgan fingerprint density at radius 3 is 2.91 bits per heavy atom. The van der Waals surface area contributed by atoms with E-state index in [0.717, 1.165) is 36.6 Å². The maximum Gasteiger partial charge on any atom is 0.336 e. The van der Waals surface area contributed by atoms with Crippen LogP contribution in [0.2, 0.25) is 0 Å². The standard InChI is InChI=1S/C17H20N2O3/c1-10-7-16(20)22-15-9-13(5-6-14(10)15)19-17(21)11-3-2-4-12(18)8-11/h5-7,9,11-12H,2-4,8,18H2,1H3,(H,19,21)/t11-,12+/m1/s1. The van der Waals surface area contributed by atoms with Crippen LogP contribution in [0.15, 0.2) is 33.5 Å². The van der Waals surface area contributed by atoms with Gasteiger partial charge in [-0.1, -0.05) is 6.42 Å². The molecule has 3 N–H and O–H groups in total. The molecule has 0 saturated heterocycles. The molecular weight excluding hydrogens is 280 g/mol. The van der Waals surface area contributed by atoms with Crippen molar-refractivity contribution >= 4 is 22.6 Å². The van der Waals surface area contributed by atoms with Gasteiger partial charge in [-0.2, -0.15) is 0 Å². The normalized spacial score (nSPS) is 21.7. The molecule has 1 aliphatic carbocycles. The number of nitrogens with two attached hydrogens (primary N) is 1. The number of anilines is 1. The van der Waals surface area contributed by atoms with E-state index < -0.39 is 0 Å². The third kappa shape index (κ3) is 3.04. The summed E-state index contributed by atoms with van der Waals surface area (Å²) in [4.78, 5) is 23.8. The number of fused-ring (bicyclic) bond motifs is 1. The Bertz CT molecular complexity index is 766. The summed E-state index contributed by atoms with van der Waals surface area (Å²) in [5.74, 6) is -0.0477. The summed E-state index contributed by atoms with van der Waals surface area (Å²) in [6.45, 7) is 1.86. The van der Waals surface area contributed by atoms with Crippen LogP contribution in [0.5, 0.6) is 0 Å². The van der Waals surface area contributed by atoms with Crippen molar-refractivity contribution in [2.75, 3.05) is 5.32 Å². The van der Waals surface area contributed by atoms with Gasteiger partial charge >= 0.3 is 5.63 Å². The van der Waals surface area contributed by atoms with E-state index in [1.54, 1.807) is 6.07 Å². The zero-order chi connectivity index (χ0) is 15.7. The van der Waals surface area contributed by atoms with Crippen molar-refractivity contribution in [3.05, 3.63) is 40.2 Å². The summed E-state index contributed by atoms with van der Waals surface area (Å²) in [5, 5.41) is 3.78. The molecule has 1 amide bonds. The highest BCUT2D eigenvalue weighted by atomic mass is 16.4. The van der Waals surface area contributed by atoms with Gasteiger partial charge in [0.15, 0.2) is 0 Å². The fraction of sp³-hybridized carbons (Fsp3) is 0.412. The molecule has 1 aromatic heterocycles. The van der Waals surface area contributed by atoms with Crippen molar-refractivity contribution < 1.29 is 9.21 Å². The van der Waals surface area contributed by atoms with Gasteiger partial charge in [0.2, 0.25) is 5.91 Å². The van der Waals surface area contributed by atoms with Crippen molar-refractivity contribution in [1.29, 1.82) is 0 Å². The molecule has 0 aliphatic heterocycles. The van der Waals surface area contributed by atoms with Crippen molar-refractivity contribution in [2.24, 2.45) is 11.7 Å². The molecule has 5 heteroatoms. The average molecular weight is 300 g/mol. The van der Waals surface area contributed by atoms with Crippen molar-refractivity contribution in [3.63, 3.8) is 0 Å². The topological polar surface area (TPSA) is 85.3 Å². The lowest BCUT2D eigenvalue weighted by Gasteiger charge is -2.25. The van der Waals surface area contributed by atoms with Gasteiger partial charge in [-0.25, -0.2) is 4.79 Å². The van der Waals surface area contributed by atoms with Crippen LogP contribution >= 0.6 is 0 Å². The van der Waals surface area contributed by atoms with Crippen LogP contribution in [0.4, 0.5) is 5.69 Å². The monoisotopic (exact) mass is 300 g/mol. The maximum atomic E-state index is 12.3. The Hall–Kier alpha value is -2.14. The first-order valence-corrected chi connectivity index (χ1v) is 7.64. The van der Waals surface area contributed by atoms with Crippen molar-refractivity contribution in [1.82, 2.24) is 0 Å². The molecule has 1 heterocycles. The molecule has 0 unspecified atom stereocenters. The summed E-state index contributed by atoms with van der Waals surface area (Å²) < 4.78 is 5.20. The number of hydrogen-bond acceptors (Lipinski definition) is 4. The van der Waals surface area contributed by atoms with Crippen LogP contribution in [-0.2, 0) is 4.79 Å². The van der Waals surface area contributed by atoms with Crippen LogP contribution < -0.4 is 16.7 Å². The van der Waals surface area contributed by atoms with Gasteiger partial charge in [-0.15, -0.1) is 0 Å². The fourth-order valence-electron chi connectivity index (χ4n) is 3.11. The van der Waals surface area contributed by atoms with Crippen LogP contribution in [0.1, 0.15) is 31.2 Å². The van der Waals surface area contributed by atoms with Crippen LogP contribution in [0, 0.1) is 12.8 Å². The number of amides is 1. The highest BCUT2D eigenvalue weighted by Gasteiger charge is 2.25. The predicted octanol–water partition coefficient (Wildman–Crippen LogP) is 2.56. The minimum atomic E-state index is -0.383. The predicted molar refractivity (Wildman–Crippen MR) is 85.8 cm³/mol. The summed E-state index contributed by atoms with van der Waals surface area (Å²) in [7, 11) is 0. The molecule has 0 radical (unpaired) electrons. The van der Waals surface area contributed by atoms with Crippen molar-refractivity contribution in [2.45, 2.75) is 38.6 Å². The van der Waals surface area contributed by atoms with Crippen molar-refractivity contribution in [3.8, 4) is 0 Å². The fourth-order valence-corrected chi connectivity index (χ4v) is 3.11. The molecule has 2 atom stereocenters. The highest BCUT2D eigenvalue weighted by Crippen LogP contribution is 2.26. The summed E-state index contributed by atoms with van der Waals surface area (Å²) >= 11 is 0. The van der Waals surface area contributed by atoms with Gasteiger partial charge in [0.1, 0.15) is 5.58 Å². The van der Waals surface area contributed by atoms with Gasteiger partial charge in [-0.3, -0.25) is 4.79 Å². The lowest BCUT2D eigenvalue weighted by Crippen LogP contribution is -2.34. The van der Waals surface area contributed by atoms with E-state index in [4.69, 9.17) is 10.2 Å². The highest BCUT2D eigenvalue weighted by molar-refractivity contribution is 5.95. The van der Waals surface area contributed by atoms with E-state index in [0.29, 0.717) is 11.3 Å². The smallest absolute Gasteiger partial charge is 0.336 e. The zero-order valence-electron chi connectivity index (χ0n) is 12.6. The molecule has 1 aromatic carbocycles. The number of rotatable bonds is 2. The number of nitrogens with one attached hydrogen (secondary N) is 1. The van der Waals surface area contributed by atoms with E-state index in [1.807, 2.05) is 19.1 Å². The van der Waals surface area contributed by atoms with Gasteiger partial charge in [-0.05, 0) is 43.9 Å². The Labute approximate surface area is 128 Å². The molecule has 1 saturated carbocycles. The molecule has 5 nitrogen and oxygen atoms in total. The summed E-state index contributed by atoms with van der Waals surface area (Å²) in [5.41, 5.74) is 7.55. The first kappa shape index (κ1) is 14.8. The van der Waals surface area contributed by atoms with Crippen LogP contribution in [-0.4, -0.2) is 11.9 Å². The average Bonchev–Trinajstić information content (AvgIpc) is 2.46. The SMILES string of the molecule is Cc1cc(=O)oc2cc(NC(=O)[C@@H]3CCC[C@H](N)C3)ccc12. The van der Waals surface area contributed by atoms with Crippen LogP contribution in [0.3, 0.4) is 0 Å². The van der Waals surface area contributed by atoms with E-state index in [1.165, 1.54) is 6.07 Å². The second kappa shape index (κ2) is 5.93. The summed E-state index contributed by atoms with van der Waals surface area (Å²) in [6, 6.07) is 6.96. The third-order valence-electron chi connectivity index (χ3n) is 4.30. The van der Waals surface area contributed by atoms with E-state index >= 15 is 0 Å².